The number of H-pyrrole nitrogens is 1. The zero-order valence-corrected chi connectivity index (χ0v) is 28.2. The van der Waals surface area contributed by atoms with E-state index in [0.717, 1.165) is 72.2 Å². The molecule has 11 nitrogen and oxygen atoms in total. The number of amides is 2. The van der Waals surface area contributed by atoms with E-state index in [2.05, 4.69) is 20.9 Å². The van der Waals surface area contributed by atoms with Crippen molar-refractivity contribution in [2.24, 2.45) is 0 Å². The van der Waals surface area contributed by atoms with E-state index in [1.807, 2.05) is 49.1 Å². The lowest BCUT2D eigenvalue weighted by Gasteiger charge is -2.35. The van der Waals surface area contributed by atoms with Gasteiger partial charge in [-0.3, -0.25) is 25.1 Å². The van der Waals surface area contributed by atoms with Gasteiger partial charge in [0, 0.05) is 29.9 Å². The zero-order chi connectivity index (χ0) is 34.4. The van der Waals surface area contributed by atoms with Gasteiger partial charge in [0.2, 0.25) is 5.91 Å². The fourth-order valence-corrected chi connectivity index (χ4v) is 6.86. The summed E-state index contributed by atoms with van der Waals surface area (Å²) in [5, 5.41) is 17.6. The summed E-state index contributed by atoms with van der Waals surface area (Å²) in [5.41, 5.74) is 4.03. The summed E-state index contributed by atoms with van der Waals surface area (Å²) in [5.74, 6) is 0.0332. The fourth-order valence-electron chi connectivity index (χ4n) is 6.86. The maximum Gasteiger partial charge on any atom is 0.320 e. The number of benzene rings is 3. The molecule has 2 amide bonds. The first-order valence-electron chi connectivity index (χ1n) is 17.2. The first-order chi connectivity index (χ1) is 23.7. The summed E-state index contributed by atoms with van der Waals surface area (Å²) < 4.78 is 5.77. The number of rotatable bonds is 11. The average Bonchev–Trinajstić information content (AvgIpc) is 3.82. The Morgan fingerprint density at radius 3 is 2.37 bits per heavy atom. The number of nitrogens with one attached hydrogen (secondary N) is 5. The first kappa shape index (κ1) is 33.9. The molecule has 1 saturated carbocycles. The number of ether oxygens (including phenoxy) is 1. The standard InChI is InChI=1S/C38H45N7O4/c1-25-30(38(2,37(48)45-21-9-10-22-45)41-24-33(46)49-29-13-7-4-8-14-29)19-20-31-34(25)43-32(42-31)23-40-28-17-15-26(16-18-28)35(39)44-36(47)27-11-5-3-6-12-27/h3,5-6,11-12,15-20,29,40-41H,4,7-10,13-14,21-24H2,1-2H3,(H,42,43)(H2,39,44,47)/t38-/m1/s1. The number of aromatic amines is 1. The maximum atomic E-state index is 14.0. The summed E-state index contributed by atoms with van der Waals surface area (Å²) in [6.45, 7) is 5.59. The highest BCUT2D eigenvalue weighted by Gasteiger charge is 2.41. The van der Waals surface area contributed by atoms with Gasteiger partial charge in [-0.25, -0.2) is 4.98 Å². The number of aromatic nitrogens is 2. The van der Waals surface area contributed by atoms with Crippen LogP contribution in [0.5, 0.6) is 0 Å². The van der Waals surface area contributed by atoms with Crippen molar-refractivity contribution in [2.45, 2.75) is 77.0 Å². The van der Waals surface area contributed by atoms with Gasteiger partial charge < -0.3 is 25.3 Å². The Kier molecular flexibility index (Phi) is 10.4. The minimum Gasteiger partial charge on any atom is -0.461 e. The van der Waals surface area contributed by atoms with Crippen LogP contribution in [0, 0.1) is 12.3 Å². The quantitative estimate of drug-likeness (QED) is 0.0803. The molecule has 1 aromatic heterocycles. The van der Waals surface area contributed by atoms with Gasteiger partial charge in [0.1, 0.15) is 23.3 Å². The Morgan fingerprint density at radius 2 is 1.65 bits per heavy atom. The number of hydrogen-bond acceptors (Lipinski definition) is 8. The number of hydrogen-bond donors (Lipinski definition) is 5. The van der Waals surface area contributed by atoms with Crippen molar-refractivity contribution in [3.8, 4) is 0 Å². The first-order valence-corrected chi connectivity index (χ1v) is 17.2. The predicted octanol–water partition coefficient (Wildman–Crippen LogP) is 5.54. The third-order valence-corrected chi connectivity index (χ3v) is 9.66. The zero-order valence-electron chi connectivity index (χ0n) is 28.2. The highest BCUT2D eigenvalue weighted by atomic mass is 16.5. The lowest BCUT2D eigenvalue weighted by atomic mass is 9.86. The number of esters is 1. The average molecular weight is 664 g/mol. The second kappa shape index (κ2) is 15.0. The Hall–Kier alpha value is -5.03. The number of nitrogens with zero attached hydrogens (tertiary/aromatic N) is 2. The van der Waals surface area contributed by atoms with E-state index in [1.54, 1.807) is 36.4 Å². The van der Waals surface area contributed by atoms with Crippen LogP contribution < -0.4 is 16.0 Å². The molecule has 6 rings (SSSR count). The van der Waals surface area contributed by atoms with E-state index >= 15 is 0 Å². The van der Waals surface area contributed by atoms with Gasteiger partial charge >= 0.3 is 5.97 Å². The monoisotopic (exact) mass is 663 g/mol. The Balaban J connectivity index is 1.13. The second-order valence-corrected chi connectivity index (χ2v) is 13.2. The molecule has 3 aromatic carbocycles. The molecule has 1 aliphatic heterocycles. The Bertz CT molecular complexity index is 1810. The summed E-state index contributed by atoms with van der Waals surface area (Å²) in [6.07, 6.45) is 7.01. The predicted molar refractivity (Wildman–Crippen MR) is 189 cm³/mol. The largest absolute Gasteiger partial charge is 0.461 e. The fraction of sp³-hybridized carbons (Fsp3) is 0.395. The van der Waals surface area contributed by atoms with Crippen LogP contribution in [0.15, 0.2) is 66.7 Å². The van der Waals surface area contributed by atoms with Gasteiger partial charge in [-0.05, 0) is 106 Å². The molecule has 1 saturated heterocycles. The van der Waals surface area contributed by atoms with Crippen molar-refractivity contribution in [3.63, 3.8) is 0 Å². The number of fused-ring (bicyclic) bond motifs is 1. The van der Waals surface area contributed by atoms with Crippen molar-refractivity contribution >= 4 is 40.3 Å². The molecule has 0 radical (unpaired) electrons. The van der Waals surface area contributed by atoms with Crippen LogP contribution >= 0.6 is 0 Å². The molecule has 1 atom stereocenters. The molecule has 5 N–H and O–H groups in total. The van der Waals surface area contributed by atoms with Crippen LogP contribution in [-0.2, 0) is 26.4 Å². The molecule has 2 heterocycles. The lowest BCUT2D eigenvalue weighted by Crippen LogP contribution is -2.55. The van der Waals surface area contributed by atoms with E-state index in [1.165, 1.54) is 6.42 Å². The topological polar surface area (TPSA) is 152 Å². The van der Waals surface area contributed by atoms with Gasteiger partial charge in [-0.1, -0.05) is 30.7 Å². The molecular weight excluding hydrogens is 618 g/mol. The molecule has 1 aliphatic carbocycles. The summed E-state index contributed by atoms with van der Waals surface area (Å²) in [4.78, 5) is 49.6. The minimum absolute atomic E-state index is 0.0229. The van der Waals surface area contributed by atoms with Gasteiger partial charge in [0.25, 0.3) is 5.91 Å². The number of imidazole rings is 1. The van der Waals surface area contributed by atoms with Gasteiger partial charge in [-0.2, -0.15) is 0 Å². The van der Waals surface area contributed by atoms with Crippen LogP contribution in [0.1, 0.15) is 84.7 Å². The van der Waals surface area contributed by atoms with Crippen molar-refractivity contribution < 1.29 is 19.1 Å². The Labute approximate surface area is 286 Å². The summed E-state index contributed by atoms with van der Waals surface area (Å²) >= 11 is 0. The summed E-state index contributed by atoms with van der Waals surface area (Å²) in [6, 6.07) is 20.0. The van der Waals surface area contributed by atoms with Crippen molar-refractivity contribution in [3.05, 3.63) is 94.8 Å². The van der Waals surface area contributed by atoms with Crippen molar-refractivity contribution in [1.29, 1.82) is 5.41 Å². The normalized spacial score (nSPS) is 16.2. The van der Waals surface area contributed by atoms with Gasteiger partial charge in [-0.15, -0.1) is 0 Å². The minimum atomic E-state index is -1.14. The molecular formula is C38H45N7O4. The SMILES string of the molecule is Cc1c([C@@](C)(NCC(=O)OC2CCCCC2)C(=O)N2CCCC2)ccc2[nH]c(CNc3ccc(C(=N)NC(=O)c4ccccc4)cc3)nc12. The Morgan fingerprint density at radius 1 is 0.939 bits per heavy atom. The number of aryl methyl sites for hydroxylation is 1. The molecule has 49 heavy (non-hydrogen) atoms. The molecule has 4 aromatic rings. The highest BCUT2D eigenvalue weighted by molar-refractivity contribution is 6.11. The second-order valence-electron chi connectivity index (χ2n) is 13.2. The van der Waals surface area contributed by atoms with Gasteiger partial charge in [0.05, 0.1) is 24.1 Å². The molecule has 2 fully saturated rings. The smallest absolute Gasteiger partial charge is 0.320 e. The number of carbonyl (C=O) groups excluding carboxylic acids is 3. The number of likely N-dealkylation sites (tertiary alicyclic amines) is 1. The number of anilines is 1. The summed E-state index contributed by atoms with van der Waals surface area (Å²) in [7, 11) is 0. The molecule has 0 unspecified atom stereocenters. The van der Waals surface area contributed by atoms with Crippen LogP contribution in [0.3, 0.4) is 0 Å². The molecule has 2 aliphatic rings. The van der Waals surface area contributed by atoms with Crippen molar-refractivity contribution in [2.75, 3.05) is 25.0 Å². The van der Waals surface area contributed by atoms with E-state index < -0.39 is 5.54 Å². The lowest BCUT2D eigenvalue weighted by molar-refractivity contribution is -0.150. The van der Waals surface area contributed by atoms with Crippen LogP contribution in [0.2, 0.25) is 0 Å². The van der Waals surface area contributed by atoms with Crippen LogP contribution in [0.4, 0.5) is 5.69 Å². The van der Waals surface area contributed by atoms with E-state index in [0.29, 0.717) is 30.8 Å². The molecule has 11 heteroatoms. The molecule has 0 spiro atoms. The van der Waals surface area contributed by atoms with Crippen LogP contribution in [-0.4, -0.2) is 64.2 Å². The third-order valence-electron chi connectivity index (χ3n) is 9.66. The molecule has 256 valence electrons. The van der Waals surface area contributed by atoms with E-state index in [9.17, 15) is 14.4 Å². The number of carbonyl (C=O) groups is 3. The van der Waals surface area contributed by atoms with Crippen molar-refractivity contribution in [1.82, 2.24) is 25.5 Å². The van der Waals surface area contributed by atoms with E-state index in [4.69, 9.17) is 15.1 Å². The maximum absolute atomic E-state index is 14.0. The van der Waals surface area contributed by atoms with E-state index in [-0.39, 0.29) is 36.3 Å². The van der Waals surface area contributed by atoms with Gasteiger partial charge in [0.15, 0.2) is 0 Å². The highest BCUT2D eigenvalue weighted by Crippen LogP contribution is 2.32. The molecule has 0 bridgehead atoms. The van der Waals surface area contributed by atoms with Crippen LogP contribution in [0.25, 0.3) is 11.0 Å². The number of amidine groups is 1. The third kappa shape index (κ3) is 7.83.